The number of nitrogens with one attached hydrogen (secondary N) is 2. The summed E-state index contributed by atoms with van der Waals surface area (Å²) in [5.74, 6) is -0.000363. The Balaban J connectivity index is 0.00000220. The summed E-state index contributed by atoms with van der Waals surface area (Å²) in [6.07, 6.45) is 17.1. The van der Waals surface area contributed by atoms with Crippen LogP contribution in [-0.2, 0) is 26.4 Å². The molecular weight excluding hydrogens is 311 g/mol. The van der Waals surface area contributed by atoms with Crippen molar-refractivity contribution in [2.45, 2.75) is 0 Å². The molecule has 0 bridgehead atoms. The largest absolute Gasteiger partial charge is 0.389 e. The van der Waals surface area contributed by atoms with Gasteiger partial charge in [-0.25, -0.2) is 0 Å². The van der Waals surface area contributed by atoms with Gasteiger partial charge >= 0.3 is 0 Å². The van der Waals surface area contributed by atoms with Crippen LogP contribution in [0.1, 0.15) is 0 Å². The number of hydrogen-bond acceptors (Lipinski definition) is 4. The molecule has 0 aliphatic heterocycles. The molecule has 0 aromatic rings. The minimum atomic E-state index is -0.000182. The molecule has 111 valence electrons. The Bertz CT molecular complexity index is 529. The van der Waals surface area contributed by atoms with Gasteiger partial charge in [0.25, 0.3) is 0 Å². The van der Waals surface area contributed by atoms with Crippen molar-refractivity contribution < 1.29 is 26.4 Å². The van der Waals surface area contributed by atoms with E-state index < -0.39 is 0 Å². The van der Waals surface area contributed by atoms with Gasteiger partial charge in [0.1, 0.15) is 0 Å². The molecule has 2 aliphatic carbocycles. The van der Waals surface area contributed by atoms with Crippen LogP contribution < -0.4 is 10.6 Å². The van der Waals surface area contributed by atoms with E-state index in [1.807, 2.05) is 12.2 Å². The van der Waals surface area contributed by atoms with Gasteiger partial charge in [-0.05, 0) is 24.3 Å². The molecule has 21 heavy (non-hydrogen) atoms. The zero-order valence-corrected chi connectivity index (χ0v) is 12.4. The Morgan fingerprint density at radius 3 is 1.48 bits per heavy atom. The third-order valence-corrected chi connectivity index (χ3v) is 2.77. The molecule has 0 unspecified atom stereocenters. The van der Waals surface area contributed by atoms with E-state index in [1.165, 1.54) is 12.2 Å². The summed E-state index contributed by atoms with van der Waals surface area (Å²) in [5, 5.41) is 6.12. The average molecular weight is 327 g/mol. The van der Waals surface area contributed by atoms with Crippen LogP contribution in [0.2, 0.25) is 0 Å². The minimum Gasteiger partial charge on any atom is -0.389 e. The van der Waals surface area contributed by atoms with E-state index in [4.69, 9.17) is 0 Å². The van der Waals surface area contributed by atoms with Crippen molar-refractivity contribution in [1.29, 1.82) is 0 Å². The molecule has 0 amide bonds. The van der Waals surface area contributed by atoms with Crippen LogP contribution >= 0.6 is 0 Å². The smallest absolute Gasteiger partial charge is 0.187 e. The SMILES string of the molecule is O=C1C=CC=CC1=CNCCNC=C1C=CC=CC1=O.[Co]. The van der Waals surface area contributed by atoms with Crippen LogP contribution in [0.3, 0.4) is 0 Å². The van der Waals surface area contributed by atoms with E-state index in [1.54, 1.807) is 36.7 Å². The number of ketones is 2. The molecule has 0 fully saturated rings. The Hall–Kier alpha value is -2.11. The van der Waals surface area contributed by atoms with Gasteiger partial charge in [-0.2, -0.15) is 0 Å². The molecule has 0 saturated carbocycles. The molecule has 0 aromatic carbocycles. The zero-order chi connectivity index (χ0) is 14.2. The second-order valence-corrected chi connectivity index (χ2v) is 4.27. The molecule has 0 heterocycles. The Morgan fingerprint density at radius 2 is 1.10 bits per heavy atom. The maximum Gasteiger partial charge on any atom is 0.187 e. The van der Waals surface area contributed by atoms with Crippen molar-refractivity contribution in [2.75, 3.05) is 13.1 Å². The quantitative estimate of drug-likeness (QED) is 0.591. The molecule has 2 rings (SSSR count). The van der Waals surface area contributed by atoms with Crippen molar-refractivity contribution in [1.82, 2.24) is 10.6 Å². The fraction of sp³-hybridized carbons (Fsp3) is 0.125. The first kappa shape index (κ1) is 16.9. The van der Waals surface area contributed by atoms with Gasteiger partial charge in [-0.15, -0.1) is 0 Å². The molecule has 0 spiro atoms. The van der Waals surface area contributed by atoms with Crippen molar-refractivity contribution in [3.05, 3.63) is 72.2 Å². The summed E-state index contributed by atoms with van der Waals surface area (Å²) in [5.41, 5.74) is 1.28. The summed E-state index contributed by atoms with van der Waals surface area (Å²) >= 11 is 0. The van der Waals surface area contributed by atoms with Crippen molar-refractivity contribution in [3.8, 4) is 0 Å². The number of carbonyl (C=O) groups is 2. The standard InChI is InChI=1S/C16H16N2O2.Co/c19-15-7-3-1-5-13(15)11-17-9-10-18-12-14-6-2-4-8-16(14)20;/h1-8,11-12,17-18H,9-10H2;. The van der Waals surface area contributed by atoms with Crippen LogP contribution in [0.25, 0.3) is 0 Å². The van der Waals surface area contributed by atoms with Gasteiger partial charge in [-0.3, -0.25) is 9.59 Å². The average Bonchev–Trinajstić information content (AvgIpc) is 2.46. The zero-order valence-electron chi connectivity index (χ0n) is 11.3. The number of rotatable bonds is 5. The van der Waals surface area contributed by atoms with E-state index >= 15 is 0 Å². The van der Waals surface area contributed by atoms with E-state index in [0.29, 0.717) is 24.2 Å². The Morgan fingerprint density at radius 1 is 0.714 bits per heavy atom. The minimum absolute atomic E-state index is 0. The molecule has 4 nitrogen and oxygen atoms in total. The van der Waals surface area contributed by atoms with Crippen LogP contribution in [0, 0.1) is 0 Å². The van der Waals surface area contributed by atoms with Gasteiger partial charge in [0.2, 0.25) is 0 Å². The first-order valence-corrected chi connectivity index (χ1v) is 6.42. The van der Waals surface area contributed by atoms with Crippen molar-refractivity contribution in [2.24, 2.45) is 0 Å². The van der Waals surface area contributed by atoms with Crippen molar-refractivity contribution in [3.63, 3.8) is 0 Å². The van der Waals surface area contributed by atoms with E-state index in [9.17, 15) is 9.59 Å². The second-order valence-electron chi connectivity index (χ2n) is 4.27. The van der Waals surface area contributed by atoms with Crippen molar-refractivity contribution >= 4 is 11.6 Å². The second kappa shape index (κ2) is 8.94. The van der Waals surface area contributed by atoms with E-state index in [0.717, 1.165) is 0 Å². The molecule has 2 N–H and O–H groups in total. The molecule has 0 aromatic heterocycles. The van der Waals surface area contributed by atoms with E-state index in [2.05, 4.69) is 10.6 Å². The fourth-order valence-corrected chi connectivity index (χ4v) is 1.71. The maximum atomic E-state index is 11.4. The summed E-state index contributed by atoms with van der Waals surface area (Å²) in [7, 11) is 0. The van der Waals surface area contributed by atoms with Gasteiger partial charge < -0.3 is 10.6 Å². The number of carbonyl (C=O) groups excluding carboxylic acids is 2. The fourth-order valence-electron chi connectivity index (χ4n) is 1.71. The summed E-state index contributed by atoms with van der Waals surface area (Å²) in [6, 6.07) is 0. The van der Waals surface area contributed by atoms with Crippen LogP contribution in [-0.4, -0.2) is 24.7 Å². The predicted octanol–water partition coefficient (Wildman–Crippen LogP) is 1.32. The molecule has 5 heteroatoms. The number of hydrogen-bond donors (Lipinski definition) is 2. The van der Waals surface area contributed by atoms with Crippen LogP contribution in [0.4, 0.5) is 0 Å². The number of allylic oxidation sites excluding steroid dienone is 10. The van der Waals surface area contributed by atoms with E-state index in [-0.39, 0.29) is 28.3 Å². The normalized spacial score (nSPS) is 20.0. The first-order chi connectivity index (χ1) is 9.77. The summed E-state index contributed by atoms with van der Waals surface area (Å²) in [4.78, 5) is 22.9. The van der Waals surface area contributed by atoms with Gasteiger partial charge in [0.15, 0.2) is 11.6 Å². The molecule has 1 radical (unpaired) electrons. The predicted molar refractivity (Wildman–Crippen MR) is 78.7 cm³/mol. The van der Waals surface area contributed by atoms with Gasteiger partial charge in [-0.1, -0.05) is 24.3 Å². The molecular formula is C16H16CoN2O2. The Kier molecular flexibility index (Phi) is 7.21. The summed E-state index contributed by atoms with van der Waals surface area (Å²) < 4.78 is 0. The third kappa shape index (κ3) is 5.41. The molecule has 0 atom stereocenters. The third-order valence-electron chi connectivity index (χ3n) is 2.77. The molecule has 2 aliphatic rings. The summed E-state index contributed by atoms with van der Waals surface area (Å²) in [6.45, 7) is 1.32. The van der Waals surface area contributed by atoms with Crippen LogP contribution in [0.15, 0.2) is 72.2 Å². The topological polar surface area (TPSA) is 58.2 Å². The van der Waals surface area contributed by atoms with Crippen LogP contribution in [0.5, 0.6) is 0 Å². The monoisotopic (exact) mass is 327 g/mol. The van der Waals surface area contributed by atoms with Gasteiger partial charge in [0, 0.05) is 53.4 Å². The molecule has 0 saturated heterocycles. The Labute approximate surface area is 134 Å². The van der Waals surface area contributed by atoms with Gasteiger partial charge in [0.05, 0.1) is 0 Å². The first-order valence-electron chi connectivity index (χ1n) is 6.42. The maximum absolute atomic E-state index is 11.4.